The van der Waals surface area contributed by atoms with E-state index in [9.17, 15) is 9.90 Å². The van der Waals surface area contributed by atoms with Gasteiger partial charge in [0.05, 0.1) is 12.8 Å². The monoisotopic (exact) mass is 351 g/mol. The van der Waals surface area contributed by atoms with Crippen LogP contribution in [0.3, 0.4) is 0 Å². The van der Waals surface area contributed by atoms with Crippen molar-refractivity contribution in [2.45, 2.75) is 20.5 Å². The van der Waals surface area contributed by atoms with Crippen LogP contribution in [0.1, 0.15) is 22.3 Å². The Morgan fingerprint density at radius 2 is 2.04 bits per heavy atom. The second-order valence-electron chi connectivity index (χ2n) is 6.08. The molecule has 0 aliphatic heterocycles. The molecule has 6 heteroatoms. The summed E-state index contributed by atoms with van der Waals surface area (Å²) in [6.07, 6.45) is 3.47. The zero-order chi connectivity index (χ0) is 18.5. The molecule has 0 aliphatic rings. The zero-order valence-electron chi connectivity index (χ0n) is 14.7. The molecule has 3 aromatic rings. The number of rotatable bonds is 6. The number of aryl methyl sites for hydroxylation is 2. The van der Waals surface area contributed by atoms with E-state index < -0.39 is 0 Å². The van der Waals surface area contributed by atoms with Crippen LogP contribution in [0, 0.1) is 13.8 Å². The van der Waals surface area contributed by atoms with Crippen molar-refractivity contribution in [3.8, 4) is 5.75 Å². The lowest BCUT2D eigenvalue weighted by Gasteiger charge is -2.12. The minimum atomic E-state index is -0.340. The fourth-order valence-electron chi connectivity index (χ4n) is 2.93. The number of hydrogen-bond donors (Lipinski definition) is 3. The summed E-state index contributed by atoms with van der Waals surface area (Å²) >= 11 is 0. The van der Waals surface area contributed by atoms with Crippen LogP contribution in [0.5, 0.6) is 5.75 Å². The molecule has 0 aliphatic carbocycles. The molecule has 134 valence electrons. The van der Waals surface area contributed by atoms with Gasteiger partial charge in [-0.05, 0) is 42.7 Å². The highest BCUT2D eigenvalue weighted by atomic mass is 16.5. The topological polar surface area (TPSA) is 86.7 Å². The van der Waals surface area contributed by atoms with Crippen LogP contribution in [0.2, 0.25) is 0 Å². The first-order valence-corrected chi connectivity index (χ1v) is 8.30. The molecule has 3 rings (SSSR count). The first-order valence-electron chi connectivity index (χ1n) is 8.30. The van der Waals surface area contributed by atoms with Gasteiger partial charge in [-0.3, -0.25) is 4.79 Å². The van der Waals surface area contributed by atoms with E-state index in [0.29, 0.717) is 5.75 Å². The molecule has 0 saturated heterocycles. The minimum Gasteiger partial charge on any atom is -0.483 e. The van der Waals surface area contributed by atoms with Gasteiger partial charge in [-0.15, -0.1) is 0 Å². The van der Waals surface area contributed by atoms with E-state index in [2.05, 4.69) is 15.5 Å². The van der Waals surface area contributed by atoms with Gasteiger partial charge in [-0.25, -0.2) is 5.43 Å². The quantitative estimate of drug-likeness (QED) is 0.471. The summed E-state index contributed by atoms with van der Waals surface area (Å²) in [6.45, 7) is 3.61. The fraction of sp³-hybridized carbons (Fsp3) is 0.200. The van der Waals surface area contributed by atoms with Gasteiger partial charge in [0.1, 0.15) is 5.75 Å². The number of hydrazone groups is 1. The van der Waals surface area contributed by atoms with Gasteiger partial charge in [0.25, 0.3) is 5.91 Å². The molecule has 2 aromatic carbocycles. The predicted octanol–water partition coefficient (Wildman–Crippen LogP) is 2.81. The highest BCUT2D eigenvalue weighted by Gasteiger charge is 2.09. The SMILES string of the molecule is Cc1cc(CO)cc(C)c1OCC(=O)NN=Cc1cccc2[nH]ccc12. The lowest BCUT2D eigenvalue weighted by atomic mass is 10.1. The van der Waals surface area contributed by atoms with Crippen molar-refractivity contribution in [2.24, 2.45) is 5.10 Å². The largest absolute Gasteiger partial charge is 0.483 e. The van der Waals surface area contributed by atoms with Crippen LogP contribution in [-0.4, -0.2) is 28.8 Å². The third kappa shape index (κ3) is 3.92. The van der Waals surface area contributed by atoms with Gasteiger partial charge in [-0.1, -0.05) is 24.3 Å². The Balaban J connectivity index is 1.59. The van der Waals surface area contributed by atoms with Crippen molar-refractivity contribution >= 4 is 23.0 Å². The van der Waals surface area contributed by atoms with E-state index in [1.54, 1.807) is 6.21 Å². The molecule has 0 fully saturated rings. The molecule has 1 amide bonds. The number of benzene rings is 2. The maximum absolute atomic E-state index is 12.0. The predicted molar refractivity (Wildman–Crippen MR) is 101 cm³/mol. The molecule has 0 radical (unpaired) electrons. The number of amides is 1. The van der Waals surface area contributed by atoms with Crippen molar-refractivity contribution in [1.82, 2.24) is 10.4 Å². The van der Waals surface area contributed by atoms with Gasteiger partial charge < -0.3 is 14.8 Å². The zero-order valence-corrected chi connectivity index (χ0v) is 14.7. The number of carbonyl (C=O) groups is 1. The molecule has 0 unspecified atom stereocenters. The fourth-order valence-corrected chi connectivity index (χ4v) is 2.93. The van der Waals surface area contributed by atoms with Crippen LogP contribution >= 0.6 is 0 Å². The normalized spacial score (nSPS) is 11.2. The molecular weight excluding hydrogens is 330 g/mol. The number of nitrogens with zero attached hydrogens (tertiary/aromatic N) is 1. The summed E-state index contributed by atoms with van der Waals surface area (Å²) in [6, 6.07) is 11.5. The summed E-state index contributed by atoms with van der Waals surface area (Å²) in [5.41, 5.74) is 6.98. The number of H-pyrrole nitrogens is 1. The van der Waals surface area contributed by atoms with Crippen molar-refractivity contribution in [3.63, 3.8) is 0 Å². The number of nitrogens with one attached hydrogen (secondary N) is 2. The summed E-state index contributed by atoms with van der Waals surface area (Å²) in [4.78, 5) is 15.1. The lowest BCUT2D eigenvalue weighted by Crippen LogP contribution is -2.25. The van der Waals surface area contributed by atoms with Gasteiger partial charge in [0, 0.05) is 22.7 Å². The third-order valence-corrected chi connectivity index (χ3v) is 4.07. The molecule has 0 atom stereocenters. The highest BCUT2D eigenvalue weighted by molar-refractivity contribution is 5.98. The molecular formula is C20H21N3O3. The summed E-state index contributed by atoms with van der Waals surface area (Å²) in [5.74, 6) is 0.311. The van der Waals surface area contributed by atoms with E-state index in [-0.39, 0.29) is 19.1 Å². The Morgan fingerprint density at radius 1 is 1.27 bits per heavy atom. The van der Waals surface area contributed by atoms with Crippen LogP contribution < -0.4 is 10.2 Å². The lowest BCUT2D eigenvalue weighted by molar-refractivity contribution is -0.123. The van der Waals surface area contributed by atoms with Crippen molar-refractivity contribution < 1.29 is 14.6 Å². The number of fused-ring (bicyclic) bond motifs is 1. The molecule has 6 nitrogen and oxygen atoms in total. The van der Waals surface area contributed by atoms with E-state index in [1.807, 2.05) is 56.4 Å². The average molecular weight is 351 g/mol. The standard InChI is InChI=1S/C20H21N3O3/c1-13-8-15(11-24)9-14(2)20(13)26-12-19(25)23-22-10-16-4-3-5-18-17(16)6-7-21-18/h3-10,21,24H,11-12H2,1-2H3,(H,23,25). The van der Waals surface area contributed by atoms with E-state index in [0.717, 1.165) is 33.2 Å². The molecule has 1 aromatic heterocycles. The van der Waals surface area contributed by atoms with Crippen LogP contribution in [-0.2, 0) is 11.4 Å². The van der Waals surface area contributed by atoms with Crippen molar-refractivity contribution in [1.29, 1.82) is 0 Å². The molecule has 26 heavy (non-hydrogen) atoms. The first-order chi connectivity index (χ1) is 12.6. The van der Waals surface area contributed by atoms with Gasteiger partial charge in [-0.2, -0.15) is 5.10 Å². The Morgan fingerprint density at radius 3 is 2.77 bits per heavy atom. The molecule has 0 spiro atoms. The third-order valence-electron chi connectivity index (χ3n) is 4.07. The molecule has 3 N–H and O–H groups in total. The second kappa shape index (κ2) is 7.84. The Hall–Kier alpha value is -3.12. The number of carbonyl (C=O) groups excluding carboxylic acids is 1. The van der Waals surface area contributed by atoms with Crippen LogP contribution in [0.25, 0.3) is 10.9 Å². The molecule has 0 bridgehead atoms. The van der Waals surface area contributed by atoms with E-state index in [1.165, 1.54) is 0 Å². The number of aromatic nitrogens is 1. The van der Waals surface area contributed by atoms with Gasteiger partial charge in [0.15, 0.2) is 6.61 Å². The van der Waals surface area contributed by atoms with Crippen LogP contribution in [0.15, 0.2) is 47.7 Å². The van der Waals surface area contributed by atoms with Gasteiger partial charge in [0.2, 0.25) is 0 Å². The molecule has 0 saturated carbocycles. The number of hydrogen-bond acceptors (Lipinski definition) is 4. The van der Waals surface area contributed by atoms with Crippen LogP contribution in [0.4, 0.5) is 0 Å². The Bertz CT molecular complexity index is 937. The van der Waals surface area contributed by atoms with E-state index in [4.69, 9.17) is 4.74 Å². The minimum absolute atomic E-state index is 0.0228. The van der Waals surface area contributed by atoms with Crippen molar-refractivity contribution in [2.75, 3.05) is 6.61 Å². The maximum atomic E-state index is 12.0. The average Bonchev–Trinajstić information content (AvgIpc) is 3.10. The summed E-state index contributed by atoms with van der Waals surface area (Å²) in [7, 11) is 0. The Kier molecular flexibility index (Phi) is 5.34. The van der Waals surface area contributed by atoms with E-state index >= 15 is 0 Å². The van der Waals surface area contributed by atoms with Gasteiger partial charge >= 0.3 is 0 Å². The summed E-state index contributed by atoms with van der Waals surface area (Å²) < 4.78 is 5.62. The molecule has 1 heterocycles. The highest BCUT2D eigenvalue weighted by Crippen LogP contribution is 2.24. The second-order valence-corrected chi connectivity index (χ2v) is 6.08. The number of ether oxygens (including phenoxy) is 1. The summed E-state index contributed by atoms with van der Waals surface area (Å²) in [5, 5.41) is 14.3. The number of aliphatic hydroxyl groups excluding tert-OH is 1. The Labute approximate surface area is 151 Å². The number of aromatic amines is 1. The first kappa shape index (κ1) is 17.7. The van der Waals surface area contributed by atoms with Crippen molar-refractivity contribution in [3.05, 3.63) is 64.8 Å². The smallest absolute Gasteiger partial charge is 0.277 e. The number of aliphatic hydroxyl groups is 1. The maximum Gasteiger partial charge on any atom is 0.277 e.